The van der Waals surface area contributed by atoms with Crippen LogP contribution in [0.1, 0.15) is 5.56 Å². The molecule has 2 aromatic carbocycles. The first-order chi connectivity index (χ1) is 7.86. The van der Waals surface area contributed by atoms with Crippen molar-refractivity contribution in [1.82, 2.24) is 0 Å². The second-order valence-electron chi connectivity index (χ2n) is 3.39. The van der Waals surface area contributed by atoms with Crippen molar-refractivity contribution in [3.8, 4) is 0 Å². The van der Waals surface area contributed by atoms with Gasteiger partial charge >= 0.3 is 0 Å². The summed E-state index contributed by atoms with van der Waals surface area (Å²) in [5.74, 6) is 0. The number of azo groups is 1. The smallest absolute Gasteiger partial charge is 0.244 e. The highest BCUT2D eigenvalue weighted by molar-refractivity contribution is 5.27. The predicted octanol–water partition coefficient (Wildman–Crippen LogP) is 3.48. The molecule has 0 amide bonds. The summed E-state index contributed by atoms with van der Waals surface area (Å²) >= 11 is 0. The third kappa shape index (κ3) is 2.67. The van der Waals surface area contributed by atoms with E-state index in [9.17, 15) is 5.21 Å². The van der Waals surface area contributed by atoms with Gasteiger partial charge in [-0.25, -0.2) is 0 Å². The maximum Gasteiger partial charge on any atom is 0.244 e. The fraction of sp³-hybridized carbons (Fsp3) is 0.0769. The summed E-state index contributed by atoms with van der Waals surface area (Å²) in [4.78, 5) is 0.660. The second-order valence-corrected chi connectivity index (χ2v) is 3.39. The second kappa shape index (κ2) is 5.07. The molecule has 0 N–H and O–H groups in total. The van der Waals surface area contributed by atoms with Gasteiger partial charge in [-0.2, -0.15) is 0 Å². The first-order valence-electron chi connectivity index (χ1n) is 5.10. The van der Waals surface area contributed by atoms with Crippen molar-refractivity contribution in [2.75, 3.05) is 0 Å². The van der Waals surface area contributed by atoms with Crippen LogP contribution in [0.4, 0.5) is 5.69 Å². The van der Waals surface area contributed by atoms with E-state index in [0.29, 0.717) is 17.1 Å². The zero-order valence-electron chi connectivity index (χ0n) is 8.78. The van der Waals surface area contributed by atoms with E-state index in [4.69, 9.17) is 0 Å². The van der Waals surface area contributed by atoms with Gasteiger partial charge < -0.3 is 5.21 Å². The molecule has 0 fully saturated rings. The Hall–Kier alpha value is -2.16. The summed E-state index contributed by atoms with van der Waals surface area (Å²) in [7, 11) is 0. The summed E-state index contributed by atoms with van der Waals surface area (Å²) in [6.45, 7) is 0.402. The predicted molar refractivity (Wildman–Crippen MR) is 62.3 cm³/mol. The number of para-hydroxylation sites is 1. The normalized spacial score (nSPS) is 11.4. The Kier molecular flexibility index (Phi) is 3.28. The fourth-order valence-electron chi connectivity index (χ4n) is 1.37. The third-order valence-electron chi connectivity index (χ3n) is 2.20. The number of nitrogens with zero attached hydrogens (tertiary/aromatic N) is 2. The first-order valence-corrected chi connectivity index (χ1v) is 5.10. The van der Waals surface area contributed by atoms with Crippen LogP contribution in [0, 0.1) is 5.21 Å². The molecule has 0 aliphatic carbocycles. The molecule has 0 saturated carbocycles. The maximum atomic E-state index is 11.6. The van der Waals surface area contributed by atoms with Crippen molar-refractivity contribution in [3.05, 3.63) is 71.4 Å². The minimum Gasteiger partial charge on any atom is -0.594 e. The van der Waals surface area contributed by atoms with Gasteiger partial charge in [0.25, 0.3) is 0 Å². The van der Waals surface area contributed by atoms with Crippen LogP contribution in [0.25, 0.3) is 0 Å². The summed E-state index contributed by atoms with van der Waals surface area (Å²) in [6, 6.07) is 18.7. The van der Waals surface area contributed by atoms with E-state index in [1.807, 2.05) is 48.5 Å². The van der Waals surface area contributed by atoms with E-state index in [0.717, 1.165) is 5.56 Å². The van der Waals surface area contributed by atoms with Gasteiger partial charge in [0.15, 0.2) is 0 Å². The molecule has 0 saturated heterocycles. The van der Waals surface area contributed by atoms with E-state index in [1.165, 1.54) is 0 Å². The molecule has 0 heterocycles. The van der Waals surface area contributed by atoms with Crippen LogP contribution in [0.3, 0.4) is 0 Å². The molecular formula is C13H12N2O. The standard InChI is InChI=1S/C13H12N2O/c16-15(13-9-5-2-6-10-13)14-11-12-7-3-1-4-8-12/h1-10H,11H2. The summed E-state index contributed by atoms with van der Waals surface area (Å²) in [5, 5.41) is 15.5. The summed E-state index contributed by atoms with van der Waals surface area (Å²) in [6.07, 6.45) is 0. The third-order valence-corrected chi connectivity index (χ3v) is 2.20. The Labute approximate surface area is 94.3 Å². The highest BCUT2D eigenvalue weighted by Crippen LogP contribution is 2.10. The molecule has 0 radical (unpaired) electrons. The summed E-state index contributed by atoms with van der Waals surface area (Å²) in [5.41, 5.74) is 1.58. The van der Waals surface area contributed by atoms with Crippen LogP contribution in [0.5, 0.6) is 0 Å². The lowest BCUT2D eigenvalue weighted by Gasteiger charge is -1.99. The first kappa shape index (κ1) is 10.4. The van der Waals surface area contributed by atoms with Crippen LogP contribution in [-0.2, 0) is 6.54 Å². The Morgan fingerprint density at radius 1 is 0.875 bits per heavy atom. The molecule has 2 aromatic rings. The molecule has 0 aliphatic heterocycles. The molecule has 16 heavy (non-hydrogen) atoms. The number of hydrogen-bond donors (Lipinski definition) is 0. The van der Waals surface area contributed by atoms with Gasteiger partial charge in [0.05, 0.1) is 0 Å². The van der Waals surface area contributed by atoms with Gasteiger partial charge in [-0.05, 0) is 10.7 Å². The van der Waals surface area contributed by atoms with E-state index >= 15 is 0 Å². The molecule has 0 atom stereocenters. The Morgan fingerprint density at radius 3 is 2.06 bits per heavy atom. The zero-order valence-corrected chi connectivity index (χ0v) is 8.78. The lowest BCUT2D eigenvalue weighted by molar-refractivity contribution is -0.443. The maximum absolute atomic E-state index is 11.6. The van der Waals surface area contributed by atoms with E-state index in [2.05, 4.69) is 5.11 Å². The molecular weight excluding hydrogens is 200 g/mol. The van der Waals surface area contributed by atoms with E-state index in [-0.39, 0.29) is 0 Å². The van der Waals surface area contributed by atoms with Crippen molar-refractivity contribution >= 4 is 5.69 Å². The number of hydrogen-bond acceptors (Lipinski definition) is 2. The number of rotatable bonds is 3. The van der Waals surface area contributed by atoms with Gasteiger partial charge in [0.1, 0.15) is 6.54 Å². The van der Waals surface area contributed by atoms with Crippen molar-refractivity contribution in [1.29, 1.82) is 0 Å². The highest BCUT2D eigenvalue weighted by Gasteiger charge is 2.00. The molecule has 80 valence electrons. The molecule has 0 aliphatic rings. The number of benzene rings is 2. The zero-order chi connectivity index (χ0) is 11.2. The molecule has 3 heteroatoms. The molecule has 3 nitrogen and oxygen atoms in total. The average molecular weight is 212 g/mol. The minimum absolute atomic E-state index is 0.402. The fourth-order valence-corrected chi connectivity index (χ4v) is 1.37. The van der Waals surface area contributed by atoms with Crippen LogP contribution in [0.15, 0.2) is 65.8 Å². The average Bonchev–Trinajstić information content (AvgIpc) is 2.38. The van der Waals surface area contributed by atoms with Gasteiger partial charge in [0.2, 0.25) is 5.69 Å². The lowest BCUT2D eigenvalue weighted by atomic mass is 10.2. The van der Waals surface area contributed by atoms with Crippen LogP contribution in [0.2, 0.25) is 0 Å². The van der Waals surface area contributed by atoms with Crippen molar-refractivity contribution in [2.45, 2.75) is 6.54 Å². The van der Waals surface area contributed by atoms with Gasteiger partial charge in [0, 0.05) is 12.1 Å². The van der Waals surface area contributed by atoms with Crippen molar-refractivity contribution in [3.63, 3.8) is 0 Å². The minimum atomic E-state index is 0.402. The van der Waals surface area contributed by atoms with Gasteiger partial charge in [-0.15, -0.1) is 0 Å². The Morgan fingerprint density at radius 2 is 1.44 bits per heavy atom. The SMILES string of the molecule is [O-][N+](=NCc1ccccc1)c1ccccc1. The van der Waals surface area contributed by atoms with Gasteiger partial charge in [-0.3, -0.25) is 0 Å². The van der Waals surface area contributed by atoms with Crippen LogP contribution < -0.4 is 0 Å². The van der Waals surface area contributed by atoms with E-state index in [1.54, 1.807) is 12.1 Å². The Balaban J connectivity index is 2.09. The summed E-state index contributed by atoms with van der Waals surface area (Å²) < 4.78 is 0. The van der Waals surface area contributed by atoms with Gasteiger partial charge in [-0.1, -0.05) is 53.4 Å². The Bertz CT molecular complexity index is 466. The largest absolute Gasteiger partial charge is 0.594 e. The molecule has 2 rings (SSSR count). The van der Waals surface area contributed by atoms with Crippen molar-refractivity contribution in [2.24, 2.45) is 5.11 Å². The van der Waals surface area contributed by atoms with Crippen molar-refractivity contribution < 1.29 is 4.86 Å². The van der Waals surface area contributed by atoms with Crippen LogP contribution in [-0.4, -0.2) is 4.86 Å². The lowest BCUT2D eigenvalue weighted by Crippen LogP contribution is -1.92. The monoisotopic (exact) mass is 212 g/mol. The van der Waals surface area contributed by atoms with Crippen LogP contribution >= 0.6 is 0 Å². The molecule has 0 unspecified atom stereocenters. The quantitative estimate of drug-likeness (QED) is 0.436. The highest BCUT2D eigenvalue weighted by atomic mass is 16.5. The van der Waals surface area contributed by atoms with E-state index < -0.39 is 0 Å². The molecule has 0 aromatic heterocycles. The molecule has 0 spiro atoms. The topological polar surface area (TPSA) is 38.4 Å². The molecule has 0 bridgehead atoms.